The van der Waals surface area contributed by atoms with Crippen molar-refractivity contribution in [1.29, 1.82) is 0 Å². The topological polar surface area (TPSA) is 90.8 Å². The van der Waals surface area contributed by atoms with Gasteiger partial charge in [0.2, 0.25) is 5.91 Å². The van der Waals surface area contributed by atoms with Gasteiger partial charge in [-0.05, 0) is 83.3 Å². The molecule has 0 aromatic heterocycles. The molecule has 0 heterocycles. The molecule has 0 fully saturated rings. The summed E-state index contributed by atoms with van der Waals surface area (Å²) in [6.07, 6.45) is 19.2. The van der Waals surface area contributed by atoms with E-state index in [1.54, 1.807) is 0 Å². The van der Waals surface area contributed by atoms with Gasteiger partial charge in [0.05, 0.1) is 12.2 Å². The highest BCUT2D eigenvalue weighted by atomic mass is 16.4. The van der Waals surface area contributed by atoms with Gasteiger partial charge in [-0.1, -0.05) is 71.2 Å². The molecule has 1 atom stereocenters. The number of carboxylic acid groups (broad SMARTS) is 1. The van der Waals surface area contributed by atoms with Gasteiger partial charge in [0.15, 0.2) is 0 Å². The third kappa shape index (κ3) is 16.6. The molecule has 1 aliphatic carbocycles. The average Bonchev–Trinajstić information content (AvgIpc) is 2.86. The van der Waals surface area contributed by atoms with E-state index in [-0.39, 0.29) is 19.3 Å². The molecule has 0 aliphatic heterocycles. The Hall–Kier alpha value is -3.15. The van der Waals surface area contributed by atoms with Gasteiger partial charge in [-0.25, -0.2) is 4.79 Å². The van der Waals surface area contributed by atoms with E-state index < -0.39 is 12.0 Å². The highest BCUT2D eigenvalue weighted by Crippen LogP contribution is 2.25. The number of aliphatic imine (C=N–C) groups is 1. The number of carbonyl (C=O) groups is 2. The Morgan fingerprint density at radius 2 is 1.92 bits per heavy atom. The maximum absolute atomic E-state index is 12.2. The molecule has 0 saturated carbocycles. The summed E-state index contributed by atoms with van der Waals surface area (Å²) in [5.41, 5.74) is 5.25. The molecule has 3 N–H and O–H groups in total. The van der Waals surface area contributed by atoms with Gasteiger partial charge < -0.3 is 15.7 Å². The van der Waals surface area contributed by atoms with Crippen molar-refractivity contribution in [3.63, 3.8) is 0 Å². The van der Waals surface area contributed by atoms with Crippen molar-refractivity contribution < 1.29 is 14.7 Å². The number of allylic oxidation sites excluding steroid dienone is 9. The summed E-state index contributed by atoms with van der Waals surface area (Å²) in [5, 5.41) is 15.1. The zero-order valence-electron chi connectivity index (χ0n) is 24.1. The fraction of sp³-hybridized carbons (Fsp3) is 0.531. The fourth-order valence-corrected chi connectivity index (χ4v) is 3.62. The number of hydrogen-bond acceptors (Lipinski definition) is 4. The van der Waals surface area contributed by atoms with Crippen molar-refractivity contribution in [3.05, 3.63) is 71.1 Å². The van der Waals surface area contributed by atoms with Crippen LogP contribution in [0.1, 0.15) is 94.4 Å². The molecule has 0 spiro atoms. The summed E-state index contributed by atoms with van der Waals surface area (Å²) < 4.78 is 0. The minimum Gasteiger partial charge on any atom is -0.480 e. The van der Waals surface area contributed by atoms with E-state index in [1.807, 2.05) is 46.9 Å². The number of nitrogens with one attached hydrogen (secondary N) is 2. The van der Waals surface area contributed by atoms with Crippen LogP contribution >= 0.6 is 0 Å². The highest BCUT2D eigenvalue weighted by Gasteiger charge is 2.22. The van der Waals surface area contributed by atoms with Gasteiger partial charge in [0, 0.05) is 17.5 Å². The lowest BCUT2D eigenvalue weighted by Crippen LogP contribution is -2.42. The minimum atomic E-state index is -1.00. The average molecular weight is 528 g/mol. The van der Waals surface area contributed by atoms with Gasteiger partial charge in [0.1, 0.15) is 6.04 Å². The Morgan fingerprint density at radius 1 is 1.24 bits per heavy atom. The smallest absolute Gasteiger partial charge is 0.326 e. The quantitative estimate of drug-likeness (QED) is 0.160. The molecular weight excluding hydrogens is 474 g/mol. The third-order valence-electron chi connectivity index (χ3n) is 5.72. The van der Waals surface area contributed by atoms with E-state index in [4.69, 9.17) is 0 Å². The molecule has 6 nitrogen and oxygen atoms in total. The molecule has 38 heavy (non-hydrogen) atoms. The van der Waals surface area contributed by atoms with Crippen molar-refractivity contribution in [3.8, 4) is 0 Å². The Kier molecular flexibility index (Phi) is 21.3. The Balaban J connectivity index is 0. The first-order chi connectivity index (χ1) is 17.6. The molecule has 1 amide bonds. The molecule has 214 valence electrons. The van der Waals surface area contributed by atoms with Crippen LogP contribution in [0.4, 0.5) is 0 Å². The van der Waals surface area contributed by atoms with Crippen LogP contribution in [-0.2, 0) is 9.59 Å². The third-order valence-corrected chi connectivity index (χ3v) is 5.72. The summed E-state index contributed by atoms with van der Waals surface area (Å²) in [5.74, 6) is -1.17. The monoisotopic (exact) mass is 527 g/mol. The first-order valence-corrected chi connectivity index (χ1v) is 13.4. The van der Waals surface area contributed by atoms with Crippen LogP contribution in [0.25, 0.3) is 0 Å². The molecule has 0 saturated heterocycles. The van der Waals surface area contributed by atoms with Crippen LogP contribution in [0, 0.1) is 5.92 Å². The Morgan fingerprint density at radius 3 is 2.45 bits per heavy atom. The van der Waals surface area contributed by atoms with E-state index in [0.29, 0.717) is 18.4 Å². The lowest BCUT2D eigenvalue weighted by atomic mass is 9.92. The molecule has 6 heteroatoms. The first kappa shape index (κ1) is 37.0. The van der Waals surface area contributed by atoms with Crippen LogP contribution in [0.15, 0.2) is 76.1 Å². The molecule has 1 rings (SSSR count). The largest absolute Gasteiger partial charge is 0.480 e. The number of aliphatic carboxylic acids is 1. The van der Waals surface area contributed by atoms with Crippen LogP contribution in [0.2, 0.25) is 0 Å². The number of amides is 1. The number of carbonyl (C=O) groups excluding carboxylic acids is 1. The summed E-state index contributed by atoms with van der Waals surface area (Å²) in [6, 6.07) is -0.860. The zero-order valence-corrected chi connectivity index (χ0v) is 24.1. The van der Waals surface area contributed by atoms with Gasteiger partial charge >= 0.3 is 5.97 Å². The number of hydrogen-bond donors (Lipinski definition) is 3. The molecular formula is C32H53N3O3. The van der Waals surface area contributed by atoms with Crippen LogP contribution in [0.5, 0.6) is 0 Å². The maximum Gasteiger partial charge on any atom is 0.326 e. The summed E-state index contributed by atoms with van der Waals surface area (Å²) in [4.78, 5) is 27.7. The van der Waals surface area contributed by atoms with Gasteiger partial charge in [-0.2, -0.15) is 0 Å². The second kappa shape index (κ2) is 21.9. The molecule has 0 aromatic carbocycles. The van der Waals surface area contributed by atoms with E-state index in [1.165, 1.54) is 16.8 Å². The molecule has 1 aliphatic rings. The van der Waals surface area contributed by atoms with E-state index >= 15 is 0 Å². The predicted molar refractivity (Wildman–Crippen MR) is 164 cm³/mol. The van der Waals surface area contributed by atoms with Crippen molar-refractivity contribution in [1.82, 2.24) is 10.6 Å². The molecule has 0 radical (unpaired) electrons. The van der Waals surface area contributed by atoms with Crippen molar-refractivity contribution in [2.45, 2.75) is 100 Å². The Bertz CT molecular complexity index is 918. The fourth-order valence-electron chi connectivity index (χ4n) is 3.62. The van der Waals surface area contributed by atoms with E-state index in [0.717, 1.165) is 37.9 Å². The van der Waals surface area contributed by atoms with E-state index in [2.05, 4.69) is 66.4 Å². The summed E-state index contributed by atoms with van der Waals surface area (Å²) in [7, 11) is 0. The maximum atomic E-state index is 12.2. The molecule has 0 bridgehead atoms. The number of rotatable bonds is 14. The second-order valence-corrected chi connectivity index (χ2v) is 9.41. The SMILES string of the molecule is C.C=C(CCC1=C(/C=C\C)CCC=C1)C(=O)N[C@@H](CC(C)C)C(=O)O.CC=N/C(=C\CC)CN/C(C)=C/C. The van der Waals surface area contributed by atoms with Crippen molar-refractivity contribution in [2.24, 2.45) is 10.9 Å². The summed E-state index contributed by atoms with van der Waals surface area (Å²) >= 11 is 0. The summed E-state index contributed by atoms with van der Waals surface area (Å²) in [6.45, 7) is 18.6. The van der Waals surface area contributed by atoms with Crippen molar-refractivity contribution >= 4 is 18.1 Å². The van der Waals surface area contributed by atoms with Crippen molar-refractivity contribution in [2.75, 3.05) is 6.54 Å². The van der Waals surface area contributed by atoms with Gasteiger partial charge in [-0.15, -0.1) is 0 Å². The predicted octanol–water partition coefficient (Wildman–Crippen LogP) is 7.68. The van der Waals surface area contributed by atoms with Crippen LogP contribution < -0.4 is 10.6 Å². The highest BCUT2D eigenvalue weighted by molar-refractivity contribution is 5.95. The number of carboxylic acids is 1. The Labute approximate surface area is 232 Å². The molecule has 0 unspecified atom stereocenters. The van der Waals surface area contributed by atoms with Crippen LogP contribution in [0.3, 0.4) is 0 Å². The zero-order chi connectivity index (χ0) is 28.2. The first-order valence-electron chi connectivity index (χ1n) is 13.4. The lowest BCUT2D eigenvalue weighted by molar-refractivity contribution is -0.141. The van der Waals surface area contributed by atoms with E-state index in [9.17, 15) is 14.7 Å². The normalized spacial score (nSPS) is 14.7. The lowest BCUT2D eigenvalue weighted by Gasteiger charge is -2.18. The second-order valence-electron chi connectivity index (χ2n) is 9.41. The number of nitrogens with zero attached hydrogens (tertiary/aromatic N) is 1. The van der Waals surface area contributed by atoms with Gasteiger partial charge in [-0.3, -0.25) is 9.79 Å². The van der Waals surface area contributed by atoms with Crippen LogP contribution in [-0.4, -0.2) is 35.8 Å². The van der Waals surface area contributed by atoms with Gasteiger partial charge in [0.25, 0.3) is 0 Å². The standard InChI is InChI=1S/C20H29NO3.C11H20N2.CH4/c1-5-8-16-9-6-7-10-17(16)12-11-15(4)19(22)21-18(20(23)24)13-14(2)3;1-5-8-11(12-7-3)9-13-10(4)6-2;/h5,7-8,10,14,18H,4,6,9,11-13H2,1-3H3,(H,21,22)(H,23,24);6-8,13H,5,9H2,1-4H3;1H4/b8-5-;10-6+,11-8-,12-7?;/t18-;;/m0../s1. The minimum absolute atomic E-state index is 0. The molecule has 0 aromatic rings.